The molecule has 1 aromatic rings. The van der Waals surface area contributed by atoms with Crippen molar-refractivity contribution in [1.29, 1.82) is 0 Å². The van der Waals surface area contributed by atoms with Crippen molar-refractivity contribution >= 4 is 5.96 Å². The molecular formula is C21H35N5. The zero-order valence-corrected chi connectivity index (χ0v) is 16.5. The fourth-order valence-corrected chi connectivity index (χ4v) is 3.30. The zero-order valence-electron chi connectivity index (χ0n) is 16.5. The molecule has 0 bridgehead atoms. The minimum atomic E-state index is 0.942. The Balaban J connectivity index is 1.62. The molecule has 1 heterocycles. The third-order valence-electron chi connectivity index (χ3n) is 4.90. The lowest BCUT2D eigenvalue weighted by Crippen LogP contribution is -2.49. The van der Waals surface area contributed by atoms with Crippen LogP contribution in [0.15, 0.2) is 48.0 Å². The average Bonchev–Trinajstić information content (AvgIpc) is 2.67. The summed E-state index contributed by atoms with van der Waals surface area (Å²) in [7, 11) is 3.95. The van der Waals surface area contributed by atoms with Crippen LogP contribution in [0.3, 0.4) is 0 Å². The van der Waals surface area contributed by atoms with Crippen LogP contribution in [0.25, 0.3) is 0 Å². The predicted molar refractivity (Wildman–Crippen MR) is 112 cm³/mol. The number of allylic oxidation sites excluding steroid dienone is 1. The van der Waals surface area contributed by atoms with Crippen molar-refractivity contribution in [3.63, 3.8) is 0 Å². The quantitative estimate of drug-likeness (QED) is 0.318. The van der Waals surface area contributed by atoms with Gasteiger partial charge >= 0.3 is 0 Å². The normalized spacial score (nSPS) is 16.5. The maximum Gasteiger partial charge on any atom is 0.193 e. The van der Waals surface area contributed by atoms with Crippen LogP contribution < -0.4 is 5.32 Å². The molecule has 1 N–H and O–H groups in total. The first-order valence-electron chi connectivity index (χ1n) is 9.74. The summed E-state index contributed by atoms with van der Waals surface area (Å²) in [5.41, 5.74) is 1.41. The maximum atomic E-state index is 4.39. The molecule has 0 amide bonds. The largest absolute Gasteiger partial charge is 0.355 e. The highest BCUT2D eigenvalue weighted by atomic mass is 15.3. The molecule has 5 nitrogen and oxygen atoms in total. The number of benzene rings is 1. The van der Waals surface area contributed by atoms with Crippen LogP contribution in [0.2, 0.25) is 0 Å². The van der Waals surface area contributed by atoms with E-state index in [1.54, 1.807) is 0 Å². The molecule has 144 valence electrons. The third kappa shape index (κ3) is 7.18. The van der Waals surface area contributed by atoms with Crippen LogP contribution in [0.5, 0.6) is 0 Å². The molecule has 26 heavy (non-hydrogen) atoms. The maximum absolute atomic E-state index is 4.39. The van der Waals surface area contributed by atoms with Crippen LogP contribution in [0.4, 0.5) is 0 Å². The summed E-state index contributed by atoms with van der Waals surface area (Å²) < 4.78 is 0. The standard InChI is InChI=1S/C21H35N5/c1-4-5-9-13-24(3)21(22-2)23-12-14-25-15-17-26(18-16-25)19-20-10-7-6-8-11-20/h4,6-8,10-11H,1,5,9,12-19H2,2-3H3,(H,22,23). The van der Waals surface area contributed by atoms with E-state index < -0.39 is 0 Å². The molecule has 1 fully saturated rings. The van der Waals surface area contributed by atoms with Gasteiger partial charge in [-0.1, -0.05) is 36.4 Å². The third-order valence-corrected chi connectivity index (χ3v) is 4.90. The van der Waals surface area contributed by atoms with Crippen LogP contribution in [0, 0.1) is 0 Å². The van der Waals surface area contributed by atoms with Gasteiger partial charge in [-0.25, -0.2) is 0 Å². The molecule has 0 unspecified atom stereocenters. The van der Waals surface area contributed by atoms with Gasteiger partial charge in [0.15, 0.2) is 5.96 Å². The lowest BCUT2D eigenvalue weighted by atomic mass is 10.2. The average molecular weight is 358 g/mol. The van der Waals surface area contributed by atoms with Crippen molar-refractivity contribution in [3.8, 4) is 0 Å². The van der Waals surface area contributed by atoms with E-state index >= 15 is 0 Å². The minimum Gasteiger partial charge on any atom is -0.355 e. The number of piperazine rings is 1. The first-order valence-corrected chi connectivity index (χ1v) is 9.74. The lowest BCUT2D eigenvalue weighted by molar-refractivity contribution is 0.128. The van der Waals surface area contributed by atoms with E-state index in [9.17, 15) is 0 Å². The molecule has 2 rings (SSSR count). The highest BCUT2D eigenvalue weighted by Gasteiger charge is 2.16. The molecule has 1 aliphatic heterocycles. The summed E-state index contributed by atoms with van der Waals surface area (Å²) in [4.78, 5) is 11.7. The highest BCUT2D eigenvalue weighted by Crippen LogP contribution is 2.08. The van der Waals surface area contributed by atoms with Gasteiger partial charge in [0.25, 0.3) is 0 Å². The van der Waals surface area contributed by atoms with Crippen LogP contribution in [-0.4, -0.2) is 80.6 Å². The Morgan fingerprint density at radius 2 is 1.88 bits per heavy atom. The monoisotopic (exact) mass is 357 g/mol. The zero-order chi connectivity index (χ0) is 18.6. The first kappa shape index (κ1) is 20.5. The Morgan fingerprint density at radius 3 is 2.54 bits per heavy atom. The van der Waals surface area contributed by atoms with E-state index in [0.29, 0.717) is 0 Å². The predicted octanol–water partition coefficient (Wildman–Crippen LogP) is 2.28. The molecule has 1 saturated heterocycles. The molecule has 1 aromatic carbocycles. The minimum absolute atomic E-state index is 0.942. The van der Waals surface area contributed by atoms with Crippen molar-refractivity contribution in [3.05, 3.63) is 48.6 Å². The summed E-state index contributed by atoms with van der Waals surface area (Å²) >= 11 is 0. The van der Waals surface area contributed by atoms with Gasteiger partial charge in [0.2, 0.25) is 0 Å². The number of unbranched alkanes of at least 4 members (excludes halogenated alkanes) is 1. The van der Waals surface area contributed by atoms with Crippen molar-refractivity contribution in [2.24, 2.45) is 4.99 Å². The van der Waals surface area contributed by atoms with Crippen LogP contribution >= 0.6 is 0 Å². The topological polar surface area (TPSA) is 34.1 Å². The fraction of sp³-hybridized carbons (Fsp3) is 0.571. The van der Waals surface area contributed by atoms with E-state index in [-0.39, 0.29) is 0 Å². The molecule has 0 aromatic heterocycles. The number of nitrogens with one attached hydrogen (secondary N) is 1. The van der Waals surface area contributed by atoms with Crippen molar-refractivity contribution < 1.29 is 0 Å². The smallest absolute Gasteiger partial charge is 0.193 e. The number of hydrogen-bond acceptors (Lipinski definition) is 3. The second-order valence-electron chi connectivity index (χ2n) is 6.93. The first-order chi connectivity index (χ1) is 12.7. The van der Waals surface area contributed by atoms with Gasteiger partial charge in [0.05, 0.1) is 0 Å². The molecule has 1 aliphatic rings. The summed E-state index contributed by atoms with van der Waals surface area (Å²) in [6, 6.07) is 10.8. The Morgan fingerprint density at radius 1 is 1.19 bits per heavy atom. The van der Waals surface area contributed by atoms with Crippen molar-refractivity contribution in [1.82, 2.24) is 20.0 Å². The summed E-state index contributed by atoms with van der Waals surface area (Å²) in [5.74, 6) is 0.983. The summed E-state index contributed by atoms with van der Waals surface area (Å²) in [6.07, 6.45) is 4.14. The van der Waals surface area contributed by atoms with Gasteiger partial charge in [0.1, 0.15) is 0 Å². The van der Waals surface area contributed by atoms with Crippen LogP contribution in [0.1, 0.15) is 18.4 Å². The molecule has 0 saturated carbocycles. The van der Waals surface area contributed by atoms with Gasteiger partial charge in [-0.2, -0.15) is 0 Å². The Labute approximate surface area is 159 Å². The van der Waals surface area contributed by atoms with Crippen molar-refractivity contribution in [2.45, 2.75) is 19.4 Å². The van der Waals surface area contributed by atoms with Gasteiger partial charge in [-0.3, -0.25) is 14.8 Å². The molecule has 0 aliphatic carbocycles. The SMILES string of the molecule is C=CCCCN(C)C(=NC)NCCN1CCN(Cc2ccccc2)CC1. The van der Waals surface area contributed by atoms with E-state index in [2.05, 4.69) is 69.0 Å². The van der Waals surface area contributed by atoms with Gasteiger partial charge in [-0.15, -0.1) is 6.58 Å². The Bertz CT molecular complexity index is 535. The van der Waals surface area contributed by atoms with E-state index in [1.165, 1.54) is 5.56 Å². The number of hydrogen-bond donors (Lipinski definition) is 1. The van der Waals surface area contributed by atoms with E-state index in [4.69, 9.17) is 0 Å². The highest BCUT2D eigenvalue weighted by molar-refractivity contribution is 5.79. The lowest BCUT2D eigenvalue weighted by Gasteiger charge is -2.35. The molecule has 0 atom stereocenters. The Hall–Kier alpha value is -1.85. The van der Waals surface area contributed by atoms with Crippen LogP contribution in [-0.2, 0) is 6.54 Å². The van der Waals surface area contributed by atoms with E-state index in [0.717, 1.165) is 71.2 Å². The molecule has 0 radical (unpaired) electrons. The summed E-state index contributed by atoms with van der Waals surface area (Å²) in [6.45, 7) is 12.4. The van der Waals surface area contributed by atoms with Gasteiger partial charge in [0, 0.05) is 66.5 Å². The Kier molecular flexibility index (Phi) is 9.21. The molecule has 5 heteroatoms. The number of guanidine groups is 1. The number of nitrogens with zero attached hydrogens (tertiary/aromatic N) is 4. The van der Waals surface area contributed by atoms with Gasteiger partial charge < -0.3 is 10.2 Å². The van der Waals surface area contributed by atoms with Crippen molar-refractivity contribution in [2.75, 3.05) is 59.9 Å². The second-order valence-corrected chi connectivity index (χ2v) is 6.93. The summed E-state index contributed by atoms with van der Waals surface area (Å²) in [5, 5.41) is 3.49. The second kappa shape index (κ2) is 11.7. The number of rotatable bonds is 9. The van der Waals surface area contributed by atoms with Gasteiger partial charge in [-0.05, 0) is 18.4 Å². The van der Waals surface area contributed by atoms with E-state index in [1.807, 2.05) is 13.1 Å². The number of aliphatic imine (C=N–C) groups is 1. The fourth-order valence-electron chi connectivity index (χ4n) is 3.30. The molecular weight excluding hydrogens is 322 g/mol. The molecule has 0 spiro atoms.